The van der Waals surface area contributed by atoms with Crippen molar-refractivity contribution in [2.75, 3.05) is 19.6 Å². The largest absolute Gasteiger partial charge is 0.326 e. The molecule has 0 bridgehead atoms. The molecule has 0 radical (unpaired) electrons. The van der Waals surface area contributed by atoms with E-state index in [1.807, 2.05) is 0 Å². The van der Waals surface area contributed by atoms with Crippen LogP contribution in [0.1, 0.15) is 45.4 Å². The standard InChI is InChI=1S/C13H26N2.ClH/c1-2-11-4-3-5-12(8-11)9-15-7-6-13(14)10-15;/h11-13H,2-10,14H2,1H3;1H. The van der Waals surface area contributed by atoms with Gasteiger partial charge in [0.1, 0.15) is 0 Å². The van der Waals surface area contributed by atoms with Gasteiger partial charge in [-0.2, -0.15) is 0 Å². The third-order valence-electron chi connectivity index (χ3n) is 4.29. The van der Waals surface area contributed by atoms with Crippen molar-refractivity contribution in [3.8, 4) is 0 Å². The first-order valence-electron chi connectivity index (χ1n) is 6.76. The summed E-state index contributed by atoms with van der Waals surface area (Å²) in [7, 11) is 0. The van der Waals surface area contributed by atoms with E-state index in [0.29, 0.717) is 6.04 Å². The minimum absolute atomic E-state index is 0. The maximum absolute atomic E-state index is 5.94. The van der Waals surface area contributed by atoms with Crippen LogP contribution in [0, 0.1) is 11.8 Å². The first-order valence-corrected chi connectivity index (χ1v) is 6.76. The second kappa shape index (κ2) is 6.83. The van der Waals surface area contributed by atoms with E-state index in [-0.39, 0.29) is 12.4 Å². The second-order valence-corrected chi connectivity index (χ2v) is 5.62. The van der Waals surface area contributed by atoms with Crippen LogP contribution < -0.4 is 5.73 Å². The molecule has 2 fully saturated rings. The first kappa shape index (κ1) is 14.3. The smallest absolute Gasteiger partial charge is 0.0180 e. The SMILES string of the molecule is CCC1CCCC(CN2CCC(N)C2)C1.Cl. The van der Waals surface area contributed by atoms with E-state index in [9.17, 15) is 0 Å². The number of nitrogens with two attached hydrogens (primary N) is 1. The second-order valence-electron chi connectivity index (χ2n) is 5.62. The molecule has 1 saturated heterocycles. The van der Waals surface area contributed by atoms with E-state index < -0.39 is 0 Å². The Morgan fingerprint density at radius 2 is 1.94 bits per heavy atom. The summed E-state index contributed by atoms with van der Waals surface area (Å²) in [5, 5.41) is 0. The normalized spacial score (nSPS) is 36.0. The van der Waals surface area contributed by atoms with Crippen LogP contribution in [0.4, 0.5) is 0 Å². The molecule has 1 aliphatic heterocycles. The number of nitrogens with zero attached hydrogens (tertiary/aromatic N) is 1. The highest BCUT2D eigenvalue weighted by molar-refractivity contribution is 5.85. The molecule has 16 heavy (non-hydrogen) atoms. The molecule has 2 rings (SSSR count). The summed E-state index contributed by atoms with van der Waals surface area (Å²) in [6.07, 6.45) is 8.47. The van der Waals surface area contributed by atoms with Crippen LogP contribution in [-0.2, 0) is 0 Å². The van der Waals surface area contributed by atoms with E-state index in [1.54, 1.807) is 0 Å². The van der Waals surface area contributed by atoms with E-state index in [2.05, 4.69) is 11.8 Å². The zero-order valence-corrected chi connectivity index (χ0v) is 11.3. The van der Waals surface area contributed by atoms with E-state index in [1.165, 1.54) is 51.6 Å². The topological polar surface area (TPSA) is 29.3 Å². The van der Waals surface area contributed by atoms with Crippen molar-refractivity contribution in [3.63, 3.8) is 0 Å². The van der Waals surface area contributed by atoms with Gasteiger partial charge < -0.3 is 10.6 Å². The van der Waals surface area contributed by atoms with E-state index >= 15 is 0 Å². The first-order chi connectivity index (χ1) is 7.28. The van der Waals surface area contributed by atoms with Gasteiger partial charge in [0.15, 0.2) is 0 Å². The molecule has 0 aromatic rings. The molecule has 1 aliphatic carbocycles. The zero-order valence-electron chi connectivity index (χ0n) is 10.5. The molecule has 1 heterocycles. The molecular formula is C13H27ClN2. The molecule has 3 heteroatoms. The molecule has 2 nitrogen and oxygen atoms in total. The maximum Gasteiger partial charge on any atom is 0.0180 e. The summed E-state index contributed by atoms with van der Waals surface area (Å²) in [6.45, 7) is 6.06. The molecule has 0 amide bonds. The highest BCUT2D eigenvalue weighted by Gasteiger charge is 2.25. The van der Waals surface area contributed by atoms with Crippen LogP contribution in [0.15, 0.2) is 0 Å². The number of likely N-dealkylation sites (tertiary alicyclic amines) is 1. The van der Waals surface area contributed by atoms with Crippen molar-refractivity contribution in [1.29, 1.82) is 0 Å². The van der Waals surface area contributed by atoms with Gasteiger partial charge >= 0.3 is 0 Å². The summed E-state index contributed by atoms with van der Waals surface area (Å²) in [5.74, 6) is 1.98. The van der Waals surface area contributed by atoms with Gasteiger partial charge in [0.05, 0.1) is 0 Å². The predicted octanol–water partition coefficient (Wildman–Crippen LogP) is 2.66. The number of rotatable bonds is 3. The minimum atomic E-state index is 0. The Morgan fingerprint density at radius 3 is 2.56 bits per heavy atom. The molecule has 0 spiro atoms. The maximum atomic E-state index is 5.94. The summed E-state index contributed by atoms with van der Waals surface area (Å²) < 4.78 is 0. The van der Waals surface area contributed by atoms with E-state index in [0.717, 1.165) is 18.4 Å². The summed E-state index contributed by atoms with van der Waals surface area (Å²) in [5.41, 5.74) is 5.94. The van der Waals surface area contributed by atoms with Gasteiger partial charge in [-0.1, -0.05) is 26.2 Å². The Balaban J connectivity index is 0.00000128. The lowest BCUT2D eigenvalue weighted by Gasteiger charge is -2.31. The van der Waals surface area contributed by atoms with Crippen LogP contribution in [0.3, 0.4) is 0 Å². The average molecular weight is 247 g/mol. The van der Waals surface area contributed by atoms with Crippen molar-refractivity contribution in [2.45, 2.75) is 51.5 Å². The summed E-state index contributed by atoms with van der Waals surface area (Å²) in [4.78, 5) is 2.59. The fourth-order valence-corrected chi connectivity index (χ4v) is 3.33. The lowest BCUT2D eigenvalue weighted by Crippen LogP contribution is -2.32. The molecule has 1 saturated carbocycles. The lowest BCUT2D eigenvalue weighted by molar-refractivity contribution is 0.192. The van der Waals surface area contributed by atoms with Gasteiger partial charge in [0, 0.05) is 19.1 Å². The zero-order chi connectivity index (χ0) is 10.7. The molecule has 0 aromatic heterocycles. The van der Waals surface area contributed by atoms with Crippen LogP contribution >= 0.6 is 12.4 Å². The fourth-order valence-electron chi connectivity index (χ4n) is 3.33. The minimum Gasteiger partial charge on any atom is -0.326 e. The number of hydrogen-bond donors (Lipinski definition) is 1. The molecule has 3 unspecified atom stereocenters. The van der Waals surface area contributed by atoms with Crippen molar-refractivity contribution in [2.24, 2.45) is 17.6 Å². The van der Waals surface area contributed by atoms with E-state index in [4.69, 9.17) is 5.73 Å². The number of hydrogen-bond acceptors (Lipinski definition) is 2. The number of halogens is 1. The van der Waals surface area contributed by atoms with Crippen LogP contribution in [0.2, 0.25) is 0 Å². The predicted molar refractivity (Wildman–Crippen MR) is 72.0 cm³/mol. The fraction of sp³-hybridized carbons (Fsp3) is 1.00. The van der Waals surface area contributed by atoms with Crippen LogP contribution in [0.5, 0.6) is 0 Å². The Morgan fingerprint density at radius 1 is 1.19 bits per heavy atom. The van der Waals surface area contributed by atoms with Crippen molar-refractivity contribution < 1.29 is 0 Å². The van der Waals surface area contributed by atoms with Gasteiger partial charge in [-0.25, -0.2) is 0 Å². The third-order valence-corrected chi connectivity index (χ3v) is 4.29. The summed E-state index contributed by atoms with van der Waals surface area (Å²) >= 11 is 0. The molecule has 2 aliphatic rings. The van der Waals surface area contributed by atoms with Crippen molar-refractivity contribution in [1.82, 2.24) is 4.90 Å². The quantitative estimate of drug-likeness (QED) is 0.830. The van der Waals surface area contributed by atoms with Gasteiger partial charge in [-0.05, 0) is 37.6 Å². The Hall–Kier alpha value is 0.210. The average Bonchev–Trinajstić information content (AvgIpc) is 2.64. The molecule has 96 valence electrons. The summed E-state index contributed by atoms with van der Waals surface area (Å²) in [6, 6.07) is 0.454. The Bertz CT molecular complexity index is 198. The van der Waals surface area contributed by atoms with Crippen LogP contribution in [0.25, 0.3) is 0 Å². The molecule has 2 N–H and O–H groups in total. The Kier molecular flexibility index (Phi) is 6.09. The Labute approximate surface area is 106 Å². The third kappa shape index (κ3) is 3.90. The lowest BCUT2D eigenvalue weighted by atomic mass is 9.80. The molecular weight excluding hydrogens is 220 g/mol. The van der Waals surface area contributed by atoms with Gasteiger partial charge in [-0.3, -0.25) is 0 Å². The highest BCUT2D eigenvalue weighted by atomic mass is 35.5. The molecule has 3 atom stereocenters. The van der Waals surface area contributed by atoms with Gasteiger partial charge in [0.2, 0.25) is 0 Å². The highest BCUT2D eigenvalue weighted by Crippen LogP contribution is 2.31. The van der Waals surface area contributed by atoms with Crippen molar-refractivity contribution >= 4 is 12.4 Å². The van der Waals surface area contributed by atoms with Crippen molar-refractivity contribution in [3.05, 3.63) is 0 Å². The monoisotopic (exact) mass is 246 g/mol. The molecule has 0 aromatic carbocycles. The van der Waals surface area contributed by atoms with Gasteiger partial charge in [-0.15, -0.1) is 12.4 Å². The van der Waals surface area contributed by atoms with Gasteiger partial charge in [0.25, 0.3) is 0 Å². The van der Waals surface area contributed by atoms with Crippen LogP contribution in [-0.4, -0.2) is 30.6 Å².